The van der Waals surface area contributed by atoms with E-state index >= 15 is 0 Å². The molecule has 1 aliphatic heterocycles. The van der Waals surface area contributed by atoms with E-state index in [2.05, 4.69) is 4.84 Å². The maximum atomic E-state index is 6.13. The van der Waals surface area contributed by atoms with Crippen LogP contribution in [0.3, 0.4) is 0 Å². The highest BCUT2D eigenvalue weighted by Gasteiger charge is 2.19. The fourth-order valence-electron chi connectivity index (χ4n) is 1.71. The van der Waals surface area contributed by atoms with Gasteiger partial charge >= 0.3 is 0 Å². The molecule has 0 spiro atoms. The minimum Gasteiger partial charge on any atom is -0.489 e. The van der Waals surface area contributed by atoms with Crippen LogP contribution < -0.4 is 15.4 Å². The van der Waals surface area contributed by atoms with Crippen molar-refractivity contribution < 1.29 is 14.3 Å². The Labute approximate surface area is 99.2 Å². The summed E-state index contributed by atoms with van der Waals surface area (Å²) in [5, 5.41) is 0.537. The van der Waals surface area contributed by atoms with Gasteiger partial charge in [-0.1, -0.05) is 11.6 Å². The zero-order valence-corrected chi connectivity index (χ0v) is 9.84. The number of hydrogen-bond donors (Lipinski definition) is 1. The maximum absolute atomic E-state index is 6.13. The van der Waals surface area contributed by atoms with Crippen molar-refractivity contribution in [2.75, 3.05) is 13.2 Å². The number of ether oxygens (including phenoxy) is 2. The average molecular weight is 244 g/mol. The predicted molar refractivity (Wildman–Crippen MR) is 60.8 cm³/mol. The summed E-state index contributed by atoms with van der Waals surface area (Å²) in [6.45, 7) is 3.51. The summed E-state index contributed by atoms with van der Waals surface area (Å²) in [7, 11) is 0. The average Bonchev–Trinajstić information content (AvgIpc) is 2.51. The molecule has 16 heavy (non-hydrogen) atoms. The summed E-state index contributed by atoms with van der Waals surface area (Å²) in [6, 6.07) is 1.80. The van der Waals surface area contributed by atoms with Gasteiger partial charge in [-0.05, 0) is 18.6 Å². The largest absolute Gasteiger partial charge is 0.489 e. The van der Waals surface area contributed by atoms with Gasteiger partial charge < -0.3 is 9.47 Å². The van der Waals surface area contributed by atoms with E-state index in [-0.39, 0.29) is 0 Å². The molecule has 4 nitrogen and oxygen atoms in total. The minimum atomic E-state index is 0.308. The lowest BCUT2D eigenvalue weighted by atomic mass is 10.1. The van der Waals surface area contributed by atoms with E-state index in [1.165, 1.54) is 0 Å². The van der Waals surface area contributed by atoms with E-state index in [4.69, 9.17) is 27.0 Å². The third kappa shape index (κ3) is 2.09. The highest BCUT2D eigenvalue weighted by molar-refractivity contribution is 6.32. The zero-order valence-electron chi connectivity index (χ0n) is 9.09. The normalized spacial score (nSPS) is 14.7. The first-order chi connectivity index (χ1) is 7.74. The first-order valence-electron chi connectivity index (χ1n) is 5.13. The molecule has 0 saturated heterocycles. The van der Waals surface area contributed by atoms with Gasteiger partial charge in [0.05, 0.1) is 24.8 Å². The monoisotopic (exact) mass is 243 g/mol. The van der Waals surface area contributed by atoms with E-state index in [0.717, 1.165) is 17.5 Å². The standard InChI is InChI=1S/C11H14ClNO3/c1-7-8(6-16-13)5-9(12)11-10(7)14-3-2-4-15-11/h5H,2-4,6,13H2,1H3. The second kappa shape index (κ2) is 4.91. The number of nitrogens with two attached hydrogens (primary N) is 1. The number of benzene rings is 1. The van der Waals surface area contributed by atoms with Gasteiger partial charge in [0.15, 0.2) is 11.5 Å². The predicted octanol–water partition coefficient (Wildman–Crippen LogP) is 2.20. The first kappa shape index (κ1) is 11.5. The van der Waals surface area contributed by atoms with Crippen molar-refractivity contribution in [1.82, 2.24) is 0 Å². The SMILES string of the molecule is Cc1c(CON)cc(Cl)c2c1OCCCO2. The zero-order chi connectivity index (χ0) is 11.5. The van der Waals surface area contributed by atoms with Crippen LogP contribution in [0.4, 0.5) is 0 Å². The molecule has 1 heterocycles. The molecule has 0 atom stereocenters. The molecule has 88 valence electrons. The van der Waals surface area contributed by atoms with Crippen molar-refractivity contribution in [1.29, 1.82) is 0 Å². The lowest BCUT2D eigenvalue weighted by Gasteiger charge is -2.15. The first-order valence-corrected chi connectivity index (χ1v) is 5.51. The Bertz CT molecular complexity index is 395. The number of hydrogen-bond acceptors (Lipinski definition) is 4. The molecule has 1 aliphatic rings. The van der Waals surface area contributed by atoms with Gasteiger partial charge in [-0.3, -0.25) is 4.84 Å². The Morgan fingerprint density at radius 1 is 1.38 bits per heavy atom. The Kier molecular flexibility index (Phi) is 3.53. The lowest BCUT2D eigenvalue weighted by Crippen LogP contribution is -2.03. The van der Waals surface area contributed by atoms with Crippen LogP contribution in [0.15, 0.2) is 6.07 Å². The molecule has 0 saturated carbocycles. The van der Waals surface area contributed by atoms with Gasteiger partial charge in [0, 0.05) is 12.0 Å². The Morgan fingerprint density at radius 2 is 2.06 bits per heavy atom. The van der Waals surface area contributed by atoms with Gasteiger partial charge in [0.1, 0.15) is 0 Å². The molecule has 1 aromatic rings. The van der Waals surface area contributed by atoms with Crippen molar-refractivity contribution in [3.63, 3.8) is 0 Å². The summed E-state index contributed by atoms with van der Waals surface area (Å²) < 4.78 is 11.2. The summed E-state index contributed by atoms with van der Waals surface area (Å²) in [5.74, 6) is 6.40. The highest BCUT2D eigenvalue weighted by atomic mass is 35.5. The Balaban J connectivity index is 2.47. The molecular formula is C11H14ClNO3. The van der Waals surface area contributed by atoms with Crippen molar-refractivity contribution >= 4 is 11.6 Å². The van der Waals surface area contributed by atoms with Crippen LogP contribution in [0.2, 0.25) is 5.02 Å². The van der Waals surface area contributed by atoms with E-state index in [9.17, 15) is 0 Å². The van der Waals surface area contributed by atoms with Gasteiger partial charge in [0.25, 0.3) is 0 Å². The van der Waals surface area contributed by atoms with E-state index in [1.807, 2.05) is 6.92 Å². The minimum absolute atomic E-state index is 0.308. The van der Waals surface area contributed by atoms with Crippen molar-refractivity contribution in [3.8, 4) is 11.5 Å². The van der Waals surface area contributed by atoms with Crippen molar-refractivity contribution in [2.24, 2.45) is 5.90 Å². The van der Waals surface area contributed by atoms with Crippen LogP contribution >= 0.6 is 11.6 Å². The molecule has 0 fully saturated rings. The molecule has 0 unspecified atom stereocenters. The molecule has 0 amide bonds. The quantitative estimate of drug-likeness (QED) is 0.809. The van der Waals surface area contributed by atoms with Crippen LogP contribution in [0.25, 0.3) is 0 Å². The Morgan fingerprint density at radius 3 is 2.75 bits per heavy atom. The van der Waals surface area contributed by atoms with Crippen molar-refractivity contribution in [2.45, 2.75) is 20.0 Å². The van der Waals surface area contributed by atoms with Gasteiger partial charge in [-0.25, -0.2) is 5.90 Å². The summed E-state index contributed by atoms with van der Waals surface area (Å²) >= 11 is 6.13. The van der Waals surface area contributed by atoms with Crippen LogP contribution in [-0.2, 0) is 11.4 Å². The van der Waals surface area contributed by atoms with Crippen LogP contribution in [0.5, 0.6) is 11.5 Å². The number of fused-ring (bicyclic) bond motifs is 1. The molecule has 5 heteroatoms. The van der Waals surface area contributed by atoms with Gasteiger partial charge in [-0.2, -0.15) is 0 Å². The molecule has 2 rings (SSSR count). The fraction of sp³-hybridized carbons (Fsp3) is 0.455. The van der Waals surface area contributed by atoms with Gasteiger partial charge in [0.2, 0.25) is 0 Å². The molecule has 0 aromatic heterocycles. The molecule has 1 aromatic carbocycles. The second-order valence-corrected chi connectivity index (χ2v) is 4.07. The van der Waals surface area contributed by atoms with E-state index in [1.54, 1.807) is 6.07 Å². The lowest BCUT2D eigenvalue weighted by molar-refractivity contribution is 0.123. The smallest absolute Gasteiger partial charge is 0.180 e. The Hall–Kier alpha value is -0.970. The topological polar surface area (TPSA) is 53.7 Å². The number of rotatable bonds is 2. The van der Waals surface area contributed by atoms with Crippen LogP contribution in [-0.4, -0.2) is 13.2 Å². The van der Waals surface area contributed by atoms with Crippen molar-refractivity contribution in [3.05, 3.63) is 22.2 Å². The second-order valence-electron chi connectivity index (χ2n) is 3.66. The molecular weight excluding hydrogens is 230 g/mol. The van der Waals surface area contributed by atoms with E-state index in [0.29, 0.717) is 36.3 Å². The highest BCUT2D eigenvalue weighted by Crippen LogP contribution is 2.41. The van der Waals surface area contributed by atoms with Crippen LogP contribution in [0, 0.1) is 6.92 Å². The summed E-state index contributed by atoms with van der Waals surface area (Å²) in [5.41, 5.74) is 1.88. The summed E-state index contributed by atoms with van der Waals surface area (Å²) in [4.78, 5) is 4.63. The van der Waals surface area contributed by atoms with Crippen LogP contribution in [0.1, 0.15) is 17.5 Å². The third-order valence-electron chi connectivity index (χ3n) is 2.57. The molecule has 2 N–H and O–H groups in total. The summed E-state index contributed by atoms with van der Waals surface area (Å²) in [6.07, 6.45) is 0.854. The molecule has 0 aliphatic carbocycles. The number of halogens is 1. The maximum Gasteiger partial charge on any atom is 0.180 e. The fourth-order valence-corrected chi connectivity index (χ4v) is 1.98. The third-order valence-corrected chi connectivity index (χ3v) is 2.85. The molecule has 0 bridgehead atoms. The molecule has 0 radical (unpaired) electrons. The van der Waals surface area contributed by atoms with E-state index < -0.39 is 0 Å². The van der Waals surface area contributed by atoms with Gasteiger partial charge in [-0.15, -0.1) is 0 Å².